The predicted molar refractivity (Wildman–Crippen MR) is 79.6 cm³/mol. The molecule has 1 atom stereocenters. The van der Waals surface area contributed by atoms with Crippen molar-refractivity contribution in [3.8, 4) is 0 Å². The van der Waals surface area contributed by atoms with Crippen LogP contribution in [0.5, 0.6) is 0 Å². The van der Waals surface area contributed by atoms with Gasteiger partial charge in [0, 0.05) is 31.5 Å². The van der Waals surface area contributed by atoms with E-state index >= 15 is 0 Å². The van der Waals surface area contributed by atoms with Crippen LogP contribution in [-0.4, -0.2) is 31.3 Å². The molecule has 3 nitrogen and oxygen atoms in total. The smallest absolute Gasteiger partial charge is 0.105 e. The number of likely N-dealkylation sites (N-methyl/N-ethyl adjacent to an activating group) is 1. The van der Waals surface area contributed by atoms with Crippen LogP contribution in [0.3, 0.4) is 0 Å². The van der Waals surface area contributed by atoms with E-state index < -0.39 is 0 Å². The number of hydrogen-bond donors (Lipinski definition) is 1. The Labute approximate surface area is 118 Å². The van der Waals surface area contributed by atoms with Crippen LogP contribution in [0.2, 0.25) is 5.02 Å². The number of anilines is 1. The Morgan fingerprint density at radius 2 is 2.39 bits per heavy atom. The molecular weight excluding hydrogens is 268 g/mol. The van der Waals surface area contributed by atoms with Crippen molar-refractivity contribution >= 4 is 34.5 Å². The molecule has 0 aliphatic carbocycles. The fourth-order valence-corrected chi connectivity index (χ4v) is 2.65. The van der Waals surface area contributed by atoms with Crippen LogP contribution in [-0.2, 0) is 4.74 Å². The Kier molecular flexibility index (Phi) is 4.43. The van der Waals surface area contributed by atoms with Gasteiger partial charge in [-0.05, 0) is 31.0 Å². The van der Waals surface area contributed by atoms with Gasteiger partial charge in [-0.2, -0.15) is 0 Å². The number of nitrogens with two attached hydrogens (primary N) is 1. The number of halogens is 1. The highest BCUT2D eigenvalue weighted by Gasteiger charge is 2.18. The molecule has 0 spiro atoms. The minimum Gasteiger partial charge on any atom is -0.389 e. The minimum atomic E-state index is 0.323. The van der Waals surface area contributed by atoms with E-state index in [0.29, 0.717) is 16.1 Å². The average molecular weight is 285 g/mol. The Hall–Kier alpha value is -0.840. The molecule has 2 N–H and O–H groups in total. The Morgan fingerprint density at radius 3 is 2.94 bits per heavy atom. The van der Waals surface area contributed by atoms with Gasteiger partial charge in [0.2, 0.25) is 0 Å². The number of nitrogens with zero attached hydrogens (tertiary/aromatic N) is 1. The lowest BCUT2D eigenvalue weighted by molar-refractivity contribution is 0.116. The Balaban J connectivity index is 2.08. The van der Waals surface area contributed by atoms with E-state index in [1.807, 2.05) is 25.2 Å². The maximum atomic E-state index is 6.16. The maximum absolute atomic E-state index is 6.16. The molecule has 0 aromatic heterocycles. The van der Waals surface area contributed by atoms with E-state index in [0.717, 1.165) is 37.2 Å². The van der Waals surface area contributed by atoms with Gasteiger partial charge < -0.3 is 15.4 Å². The molecule has 98 valence electrons. The topological polar surface area (TPSA) is 38.5 Å². The molecule has 5 heteroatoms. The van der Waals surface area contributed by atoms with Crippen LogP contribution in [0.25, 0.3) is 0 Å². The number of rotatable bonds is 4. The summed E-state index contributed by atoms with van der Waals surface area (Å²) in [5, 5.41) is 0.596. The maximum Gasteiger partial charge on any atom is 0.105 e. The van der Waals surface area contributed by atoms with Crippen molar-refractivity contribution in [2.45, 2.75) is 18.9 Å². The summed E-state index contributed by atoms with van der Waals surface area (Å²) in [5.74, 6) is 0. The van der Waals surface area contributed by atoms with E-state index in [1.54, 1.807) is 0 Å². The lowest BCUT2D eigenvalue weighted by atomic mass is 10.1. The fourth-order valence-electron chi connectivity index (χ4n) is 2.14. The first-order valence-corrected chi connectivity index (χ1v) is 6.78. The van der Waals surface area contributed by atoms with Crippen molar-refractivity contribution < 1.29 is 4.74 Å². The van der Waals surface area contributed by atoms with Gasteiger partial charge in [-0.25, -0.2) is 0 Å². The van der Waals surface area contributed by atoms with Crippen molar-refractivity contribution in [3.63, 3.8) is 0 Å². The molecule has 0 radical (unpaired) electrons. The van der Waals surface area contributed by atoms with E-state index in [9.17, 15) is 0 Å². The summed E-state index contributed by atoms with van der Waals surface area (Å²) in [6.07, 6.45) is 2.60. The zero-order chi connectivity index (χ0) is 13.1. The van der Waals surface area contributed by atoms with Gasteiger partial charge in [0.25, 0.3) is 0 Å². The predicted octanol–water partition coefficient (Wildman–Crippen LogP) is 2.59. The van der Waals surface area contributed by atoms with Gasteiger partial charge in [-0.15, -0.1) is 0 Å². The van der Waals surface area contributed by atoms with Crippen molar-refractivity contribution in [1.29, 1.82) is 0 Å². The van der Waals surface area contributed by atoms with Crippen molar-refractivity contribution in [1.82, 2.24) is 0 Å². The van der Waals surface area contributed by atoms with Gasteiger partial charge in [0.15, 0.2) is 0 Å². The van der Waals surface area contributed by atoms with Crippen LogP contribution < -0.4 is 10.6 Å². The Morgan fingerprint density at radius 1 is 1.61 bits per heavy atom. The molecule has 0 saturated carbocycles. The first-order valence-electron chi connectivity index (χ1n) is 6.00. The third-order valence-corrected chi connectivity index (χ3v) is 3.69. The SMILES string of the molecule is CN(CC1CCCO1)c1ccc(C(N)=S)c(Cl)c1. The third-order valence-electron chi connectivity index (χ3n) is 3.16. The number of benzene rings is 1. The molecule has 18 heavy (non-hydrogen) atoms. The second-order valence-electron chi connectivity index (χ2n) is 4.54. The third kappa shape index (κ3) is 3.13. The van der Waals surface area contributed by atoms with Gasteiger partial charge >= 0.3 is 0 Å². The van der Waals surface area contributed by atoms with E-state index in [-0.39, 0.29) is 0 Å². The lowest BCUT2D eigenvalue weighted by Gasteiger charge is -2.23. The highest BCUT2D eigenvalue weighted by molar-refractivity contribution is 7.80. The average Bonchev–Trinajstić information content (AvgIpc) is 2.81. The molecule has 0 bridgehead atoms. The highest BCUT2D eigenvalue weighted by atomic mass is 35.5. The van der Waals surface area contributed by atoms with Crippen LogP contribution in [0, 0.1) is 0 Å². The van der Waals surface area contributed by atoms with Crippen LogP contribution in [0.15, 0.2) is 18.2 Å². The quantitative estimate of drug-likeness (QED) is 0.863. The normalized spacial score (nSPS) is 18.9. The zero-order valence-corrected chi connectivity index (χ0v) is 11.9. The number of thiocarbonyl (C=S) groups is 1. The summed E-state index contributed by atoms with van der Waals surface area (Å²) in [6.45, 7) is 1.75. The molecule has 1 aromatic carbocycles. The van der Waals surface area contributed by atoms with Gasteiger partial charge in [-0.1, -0.05) is 23.8 Å². The molecule has 1 aliphatic rings. The standard InChI is InChI=1S/C13H17ClN2OS/c1-16(8-10-3-2-6-17-10)9-4-5-11(13(15)18)12(14)7-9/h4-5,7,10H,2-3,6,8H2,1H3,(H2,15,18). The summed E-state index contributed by atoms with van der Waals surface area (Å²) in [6, 6.07) is 5.74. The lowest BCUT2D eigenvalue weighted by Crippen LogP contribution is -2.28. The summed E-state index contributed by atoms with van der Waals surface area (Å²) >= 11 is 11.1. The first-order chi connectivity index (χ1) is 8.58. The van der Waals surface area contributed by atoms with Crippen molar-refractivity contribution in [2.24, 2.45) is 5.73 Å². The summed E-state index contributed by atoms with van der Waals surface area (Å²) in [7, 11) is 2.04. The van der Waals surface area contributed by atoms with Crippen LogP contribution >= 0.6 is 23.8 Å². The van der Waals surface area contributed by atoms with Gasteiger partial charge in [0.05, 0.1) is 11.1 Å². The van der Waals surface area contributed by atoms with Gasteiger partial charge in [0.1, 0.15) is 4.99 Å². The molecule has 1 heterocycles. The zero-order valence-electron chi connectivity index (χ0n) is 10.4. The van der Waals surface area contributed by atoms with Crippen LogP contribution in [0.4, 0.5) is 5.69 Å². The van der Waals surface area contributed by atoms with E-state index in [1.165, 1.54) is 0 Å². The minimum absolute atomic E-state index is 0.323. The molecule has 1 aromatic rings. The van der Waals surface area contributed by atoms with Crippen LogP contribution in [0.1, 0.15) is 18.4 Å². The van der Waals surface area contributed by atoms with Crippen molar-refractivity contribution in [2.75, 3.05) is 25.1 Å². The monoisotopic (exact) mass is 284 g/mol. The first kappa shape index (κ1) is 13.6. The second kappa shape index (κ2) is 5.87. The summed E-state index contributed by atoms with van der Waals surface area (Å²) in [5.41, 5.74) is 7.36. The van der Waals surface area contributed by atoms with E-state index in [4.69, 9.17) is 34.3 Å². The molecule has 1 aliphatic heterocycles. The largest absolute Gasteiger partial charge is 0.389 e. The molecule has 2 rings (SSSR count). The molecule has 1 unspecified atom stereocenters. The van der Waals surface area contributed by atoms with Gasteiger partial charge in [-0.3, -0.25) is 0 Å². The second-order valence-corrected chi connectivity index (χ2v) is 5.39. The van der Waals surface area contributed by atoms with E-state index in [2.05, 4.69) is 4.90 Å². The number of ether oxygens (including phenoxy) is 1. The molecular formula is C13H17ClN2OS. The highest BCUT2D eigenvalue weighted by Crippen LogP contribution is 2.24. The molecule has 0 amide bonds. The number of hydrogen-bond acceptors (Lipinski definition) is 3. The summed E-state index contributed by atoms with van der Waals surface area (Å²) < 4.78 is 5.62. The fraction of sp³-hybridized carbons (Fsp3) is 0.462. The van der Waals surface area contributed by atoms with Crippen molar-refractivity contribution in [3.05, 3.63) is 28.8 Å². The molecule has 1 fully saturated rings. The Bertz CT molecular complexity index is 447. The molecule has 1 saturated heterocycles. The summed E-state index contributed by atoms with van der Waals surface area (Å²) in [4.78, 5) is 2.47.